The van der Waals surface area contributed by atoms with Crippen molar-refractivity contribution in [2.24, 2.45) is 0 Å². The molecule has 1 aliphatic rings. The van der Waals surface area contributed by atoms with E-state index in [1.807, 2.05) is 6.20 Å². The molecule has 2 heteroatoms. The maximum atomic E-state index is 9.59. The summed E-state index contributed by atoms with van der Waals surface area (Å²) < 4.78 is 0. The van der Waals surface area contributed by atoms with Crippen LogP contribution >= 0.6 is 0 Å². The normalized spacial score (nSPS) is 22.3. The topological polar surface area (TPSA) is 33.1 Å². The van der Waals surface area contributed by atoms with Crippen molar-refractivity contribution in [1.29, 1.82) is 0 Å². The lowest BCUT2D eigenvalue weighted by Gasteiger charge is -2.17. The lowest BCUT2D eigenvalue weighted by molar-refractivity contribution is 0.150. The Kier molecular flexibility index (Phi) is 2.82. The molecule has 2 rings (SSSR count). The molecule has 1 aromatic heterocycles. The molecule has 76 valence electrons. The van der Waals surface area contributed by atoms with Gasteiger partial charge in [-0.05, 0) is 50.2 Å². The van der Waals surface area contributed by atoms with E-state index in [0.29, 0.717) is 0 Å². The van der Waals surface area contributed by atoms with Gasteiger partial charge in [-0.15, -0.1) is 0 Å². The van der Waals surface area contributed by atoms with Gasteiger partial charge in [0, 0.05) is 11.9 Å². The van der Waals surface area contributed by atoms with E-state index in [1.54, 1.807) is 0 Å². The van der Waals surface area contributed by atoms with Gasteiger partial charge in [0.1, 0.15) is 0 Å². The number of aromatic nitrogens is 1. The number of aliphatic hydroxyl groups is 1. The summed E-state index contributed by atoms with van der Waals surface area (Å²) in [5.74, 6) is 0. The fraction of sp³-hybridized carbons (Fsp3) is 0.583. The van der Waals surface area contributed by atoms with Crippen LogP contribution in [0.25, 0.3) is 0 Å². The van der Waals surface area contributed by atoms with Crippen LogP contribution in [0.5, 0.6) is 0 Å². The average molecular weight is 191 g/mol. The van der Waals surface area contributed by atoms with Crippen LogP contribution in [-0.2, 0) is 12.8 Å². The van der Waals surface area contributed by atoms with Crippen molar-refractivity contribution in [2.75, 3.05) is 0 Å². The largest absolute Gasteiger partial charge is 0.393 e. The van der Waals surface area contributed by atoms with Crippen molar-refractivity contribution in [3.05, 3.63) is 29.1 Å². The summed E-state index contributed by atoms with van der Waals surface area (Å²) in [5.41, 5.74) is 3.80. The Bertz CT molecular complexity index is 322. The summed E-state index contributed by atoms with van der Waals surface area (Å²) >= 11 is 0. The summed E-state index contributed by atoms with van der Waals surface area (Å²) in [5, 5.41) is 9.59. The highest BCUT2D eigenvalue weighted by atomic mass is 16.3. The van der Waals surface area contributed by atoms with Gasteiger partial charge >= 0.3 is 0 Å². The molecule has 1 atom stereocenters. The lowest BCUT2D eigenvalue weighted by atomic mass is 9.95. The van der Waals surface area contributed by atoms with Gasteiger partial charge in [-0.25, -0.2) is 0 Å². The van der Waals surface area contributed by atoms with E-state index in [4.69, 9.17) is 0 Å². The molecule has 2 nitrogen and oxygen atoms in total. The SMILES string of the molecule is Cc1cnc2c(c1)CCC(O)CCC2. The van der Waals surface area contributed by atoms with Gasteiger partial charge < -0.3 is 5.11 Å². The molecule has 0 amide bonds. The van der Waals surface area contributed by atoms with Crippen LogP contribution in [-0.4, -0.2) is 16.2 Å². The van der Waals surface area contributed by atoms with Crippen LogP contribution in [0, 0.1) is 6.92 Å². The molecule has 0 aromatic carbocycles. The molecule has 0 spiro atoms. The lowest BCUT2D eigenvalue weighted by Crippen LogP contribution is -2.13. The predicted molar refractivity (Wildman–Crippen MR) is 56.2 cm³/mol. The second-order valence-corrected chi connectivity index (χ2v) is 4.20. The first-order chi connectivity index (χ1) is 6.75. The summed E-state index contributed by atoms with van der Waals surface area (Å²) in [6.07, 6.45) is 6.70. The molecule has 1 N–H and O–H groups in total. The first kappa shape index (κ1) is 9.66. The van der Waals surface area contributed by atoms with Crippen LogP contribution in [0.3, 0.4) is 0 Å². The number of hydrogen-bond donors (Lipinski definition) is 1. The van der Waals surface area contributed by atoms with E-state index in [0.717, 1.165) is 32.1 Å². The smallest absolute Gasteiger partial charge is 0.0543 e. The molecule has 1 heterocycles. The fourth-order valence-electron chi connectivity index (χ4n) is 2.07. The van der Waals surface area contributed by atoms with Gasteiger partial charge in [0.2, 0.25) is 0 Å². The van der Waals surface area contributed by atoms with Gasteiger partial charge in [0.25, 0.3) is 0 Å². The highest BCUT2D eigenvalue weighted by Crippen LogP contribution is 2.19. The predicted octanol–water partition coefficient (Wildman–Crippen LogP) is 2.02. The maximum Gasteiger partial charge on any atom is 0.0543 e. The van der Waals surface area contributed by atoms with Gasteiger partial charge in [-0.1, -0.05) is 6.07 Å². The van der Waals surface area contributed by atoms with Gasteiger partial charge in [0.15, 0.2) is 0 Å². The van der Waals surface area contributed by atoms with Crippen molar-refractivity contribution < 1.29 is 5.11 Å². The maximum absolute atomic E-state index is 9.59. The minimum atomic E-state index is -0.108. The fourth-order valence-corrected chi connectivity index (χ4v) is 2.07. The van der Waals surface area contributed by atoms with Gasteiger partial charge in [0.05, 0.1) is 6.10 Å². The number of nitrogens with zero attached hydrogens (tertiary/aromatic N) is 1. The Hall–Kier alpha value is -0.890. The van der Waals surface area contributed by atoms with E-state index < -0.39 is 0 Å². The first-order valence-corrected chi connectivity index (χ1v) is 5.38. The van der Waals surface area contributed by atoms with Crippen LogP contribution in [0.4, 0.5) is 0 Å². The van der Waals surface area contributed by atoms with Crippen molar-refractivity contribution >= 4 is 0 Å². The van der Waals surface area contributed by atoms with Crippen LogP contribution in [0.15, 0.2) is 12.3 Å². The zero-order chi connectivity index (χ0) is 9.97. The molecule has 1 aliphatic carbocycles. The van der Waals surface area contributed by atoms with E-state index in [2.05, 4.69) is 18.0 Å². The molecule has 0 aliphatic heterocycles. The van der Waals surface area contributed by atoms with Crippen LogP contribution < -0.4 is 0 Å². The number of rotatable bonds is 0. The molecule has 1 aromatic rings. The third-order valence-corrected chi connectivity index (χ3v) is 2.89. The van der Waals surface area contributed by atoms with E-state index in [1.165, 1.54) is 16.8 Å². The number of aryl methyl sites for hydroxylation is 3. The minimum absolute atomic E-state index is 0.108. The molecular weight excluding hydrogens is 174 g/mol. The molecule has 1 unspecified atom stereocenters. The Morgan fingerprint density at radius 1 is 1.36 bits per heavy atom. The van der Waals surface area contributed by atoms with Crippen molar-refractivity contribution in [1.82, 2.24) is 4.98 Å². The van der Waals surface area contributed by atoms with E-state index >= 15 is 0 Å². The van der Waals surface area contributed by atoms with Crippen molar-refractivity contribution in [3.8, 4) is 0 Å². The summed E-state index contributed by atoms with van der Waals surface area (Å²) in [4.78, 5) is 4.46. The zero-order valence-electron chi connectivity index (χ0n) is 8.66. The third kappa shape index (κ3) is 2.13. The molecule has 0 fully saturated rings. The standard InChI is InChI=1S/C12H17NO/c1-9-7-10-5-6-11(14)3-2-4-12(10)13-8-9/h7-8,11,14H,2-6H2,1H3. The molecule has 14 heavy (non-hydrogen) atoms. The van der Waals surface area contributed by atoms with E-state index in [-0.39, 0.29) is 6.10 Å². The quantitative estimate of drug-likeness (QED) is 0.680. The molecular formula is C12H17NO. The van der Waals surface area contributed by atoms with Gasteiger partial charge in [-0.2, -0.15) is 0 Å². The molecule has 0 saturated carbocycles. The van der Waals surface area contributed by atoms with Crippen molar-refractivity contribution in [3.63, 3.8) is 0 Å². The van der Waals surface area contributed by atoms with E-state index in [9.17, 15) is 5.11 Å². The highest BCUT2D eigenvalue weighted by Gasteiger charge is 2.12. The monoisotopic (exact) mass is 191 g/mol. The Morgan fingerprint density at radius 3 is 3.07 bits per heavy atom. The van der Waals surface area contributed by atoms with Crippen LogP contribution in [0.1, 0.15) is 36.1 Å². The summed E-state index contributed by atoms with van der Waals surface area (Å²) in [6, 6.07) is 2.21. The molecule has 0 saturated heterocycles. The molecule has 0 radical (unpaired) electrons. The van der Waals surface area contributed by atoms with Gasteiger partial charge in [-0.3, -0.25) is 4.98 Å². The third-order valence-electron chi connectivity index (χ3n) is 2.89. The Morgan fingerprint density at radius 2 is 2.21 bits per heavy atom. The van der Waals surface area contributed by atoms with Crippen molar-refractivity contribution in [2.45, 2.75) is 45.1 Å². The second-order valence-electron chi connectivity index (χ2n) is 4.20. The molecule has 0 bridgehead atoms. The zero-order valence-corrected chi connectivity index (χ0v) is 8.66. The number of fused-ring (bicyclic) bond motifs is 1. The number of hydrogen-bond acceptors (Lipinski definition) is 2. The first-order valence-electron chi connectivity index (χ1n) is 5.38. The minimum Gasteiger partial charge on any atom is -0.393 e. The summed E-state index contributed by atoms with van der Waals surface area (Å²) in [7, 11) is 0. The number of pyridine rings is 1. The van der Waals surface area contributed by atoms with Crippen LogP contribution in [0.2, 0.25) is 0 Å². The second kappa shape index (κ2) is 4.09. The summed E-state index contributed by atoms with van der Waals surface area (Å²) in [6.45, 7) is 2.07. The highest BCUT2D eigenvalue weighted by molar-refractivity contribution is 5.25. The number of aliphatic hydroxyl groups excluding tert-OH is 1. The Balaban J connectivity index is 2.24. The average Bonchev–Trinajstić information content (AvgIpc) is 2.15. The Labute approximate surface area is 85.0 Å².